The Morgan fingerprint density at radius 2 is 0.857 bits per heavy atom. The number of halogens is 1. The van der Waals surface area contributed by atoms with Crippen molar-refractivity contribution in [1.29, 1.82) is 0 Å². The topological polar surface area (TPSA) is 179 Å². The molecular formula is C4H11ClCuN4O4-2. The van der Waals surface area contributed by atoms with Crippen LogP contribution in [0.4, 0.5) is 0 Å². The molecule has 0 rings (SSSR count). The van der Waals surface area contributed by atoms with Gasteiger partial charge in [-0.25, -0.2) is 24.8 Å². The van der Waals surface area contributed by atoms with Gasteiger partial charge in [-0.1, -0.05) is 0 Å². The first-order valence-electron chi connectivity index (χ1n) is 2.48. The third-order valence-electron chi connectivity index (χ3n) is 0.167. The molecule has 8 nitrogen and oxygen atoms in total. The average Bonchev–Trinajstić information content (AvgIpc) is 2.01. The fourth-order valence-corrected chi connectivity index (χ4v) is 0. The second-order valence-electron chi connectivity index (χ2n) is 1.10. The van der Waals surface area contributed by atoms with Crippen LogP contribution in [0.5, 0.6) is 0 Å². The van der Waals surface area contributed by atoms with Crippen LogP contribution >= 0.6 is 0 Å². The van der Waals surface area contributed by atoms with Crippen LogP contribution in [0.1, 0.15) is 0 Å². The molecule has 0 bridgehead atoms. The van der Waals surface area contributed by atoms with Crippen LogP contribution in [0.15, 0.2) is 24.8 Å². The summed E-state index contributed by atoms with van der Waals surface area (Å²) >= 11 is 0. The molecule has 0 aromatic carbocycles. The molecule has 0 aromatic rings. The quantitative estimate of drug-likeness (QED) is 0.538. The van der Waals surface area contributed by atoms with E-state index in [4.69, 9.17) is 41.6 Å². The van der Waals surface area contributed by atoms with Gasteiger partial charge in [0.15, 0.2) is 0 Å². The van der Waals surface area contributed by atoms with Gasteiger partial charge in [0.2, 0.25) is 0 Å². The summed E-state index contributed by atoms with van der Waals surface area (Å²) in [6.45, 7) is 0. The summed E-state index contributed by atoms with van der Waals surface area (Å²) in [5.41, 5.74) is 24.3. The summed E-state index contributed by atoms with van der Waals surface area (Å²) in [6, 6.07) is 0. The number of rotatable bonds is 0. The number of hydrogen-bond acceptors (Lipinski definition) is 4. The summed E-state index contributed by atoms with van der Waals surface area (Å²) in [5.74, 6) is 0. The van der Waals surface area contributed by atoms with Crippen LogP contribution in [0.2, 0.25) is 0 Å². The van der Waals surface area contributed by atoms with Crippen LogP contribution in [-0.2, 0) is 17.1 Å². The van der Waals surface area contributed by atoms with Crippen molar-refractivity contribution in [2.24, 2.45) is 0 Å². The molecule has 91 valence electrons. The molecule has 0 atom stereocenters. The van der Waals surface area contributed by atoms with Crippen molar-refractivity contribution in [3.05, 3.63) is 47.7 Å². The maximum atomic E-state index is 8.83. The number of hydrogen-bond donors (Lipinski definition) is 3. The van der Waals surface area contributed by atoms with E-state index in [1.807, 2.05) is 0 Å². The van der Waals surface area contributed by atoms with Gasteiger partial charge in [-0.2, -0.15) is 0 Å². The zero-order chi connectivity index (χ0) is 11.3. The van der Waals surface area contributed by atoms with E-state index in [2.05, 4.69) is 0 Å². The molecule has 0 aliphatic rings. The molecule has 1 radical (unpaired) electrons. The van der Waals surface area contributed by atoms with Crippen molar-refractivity contribution < 1.29 is 45.9 Å². The summed E-state index contributed by atoms with van der Waals surface area (Å²) in [7, 11) is -4.19. The molecule has 0 aliphatic heterocycles. The Labute approximate surface area is 94.1 Å². The fourth-order valence-electron chi connectivity index (χ4n) is 0. The minimum atomic E-state index is -4.19. The Morgan fingerprint density at radius 1 is 0.786 bits per heavy atom. The SMILES string of the molecule is [Cu+2].[NH-]/C=C\[NH-].[NH-]/C=C\[NH-].[O-][Cl+](O)(O)O. The van der Waals surface area contributed by atoms with Crippen LogP contribution in [-0.4, -0.2) is 14.0 Å². The molecule has 0 saturated carbocycles. The molecule has 0 unspecified atom stereocenters. The van der Waals surface area contributed by atoms with Crippen LogP contribution < -0.4 is 4.66 Å². The van der Waals surface area contributed by atoms with Gasteiger partial charge in [0.25, 0.3) is 0 Å². The van der Waals surface area contributed by atoms with Crippen LogP contribution in [0, 0.1) is 10.2 Å². The van der Waals surface area contributed by atoms with Crippen molar-refractivity contribution in [3.63, 3.8) is 0 Å². The second-order valence-corrected chi connectivity index (χ2v) is 1.97. The molecule has 0 fully saturated rings. The van der Waals surface area contributed by atoms with Crippen molar-refractivity contribution in [2.45, 2.75) is 0 Å². The van der Waals surface area contributed by atoms with E-state index in [1.54, 1.807) is 0 Å². The Kier molecular flexibility index (Phi) is 30.2. The molecule has 0 heterocycles. The second kappa shape index (κ2) is 18.2. The molecule has 14 heavy (non-hydrogen) atoms. The Morgan fingerprint density at radius 3 is 0.857 bits per heavy atom. The summed E-state index contributed by atoms with van der Waals surface area (Å²) in [4.78, 5) is 0. The number of nitrogens with one attached hydrogen (secondary N) is 4. The minimum absolute atomic E-state index is 0. The van der Waals surface area contributed by atoms with Crippen LogP contribution in [0.3, 0.4) is 0 Å². The molecule has 0 saturated heterocycles. The maximum absolute atomic E-state index is 8.83. The first-order chi connectivity index (χ1) is 5.83. The summed E-state index contributed by atoms with van der Waals surface area (Å²) in [5, 5.41) is 0. The van der Waals surface area contributed by atoms with Gasteiger partial charge in [-0.15, -0.1) is 0 Å². The molecule has 7 N–H and O–H groups in total. The molecule has 0 spiro atoms. The summed E-state index contributed by atoms with van der Waals surface area (Å²) in [6.07, 6.45) is 3.67. The van der Waals surface area contributed by atoms with Gasteiger partial charge in [0, 0.05) is 0 Å². The fraction of sp³-hybridized carbons (Fsp3) is 0. The standard InChI is InChI=1S/2C2H4N2.ClH3O4.Cu/c2*3-1-2-4;2-1(3,4)5;/h2*1-4H;2-4H;/q2*-2;;+2/b2*2-1-;;. The van der Waals surface area contributed by atoms with E-state index < -0.39 is 10.2 Å². The van der Waals surface area contributed by atoms with E-state index >= 15 is 0 Å². The Hall–Kier alpha value is -0.671. The van der Waals surface area contributed by atoms with E-state index in [0.29, 0.717) is 0 Å². The van der Waals surface area contributed by atoms with Crippen molar-refractivity contribution in [3.8, 4) is 0 Å². The zero-order valence-corrected chi connectivity index (χ0v) is 8.44. The molecule has 0 amide bonds. The van der Waals surface area contributed by atoms with E-state index in [9.17, 15) is 0 Å². The normalized spacial score (nSPS) is 10.6. The average molecular weight is 278 g/mol. The van der Waals surface area contributed by atoms with E-state index in [1.165, 1.54) is 0 Å². The molecule has 0 aliphatic carbocycles. The van der Waals surface area contributed by atoms with E-state index in [-0.39, 0.29) is 17.1 Å². The first-order valence-corrected chi connectivity index (χ1v) is 3.81. The molecule has 0 aromatic heterocycles. The van der Waals surface area contributed by atoms with Gasteiger partial charge >= 0.3 is 45.9 Å². The Balaban J connectivity index is -0.0000000522. The third kappa shape index (κ3) is 684. The van der Waals surface area contributed by atoms with Gasteiger partial charge in [0.05, 0.1) is 0 Å². The predicted octanol–water partition coefficient (Wildman–Crippen LogP) is 0.261. The monoisotopic (exact) mass is 277 g/mol. The van der Waals surface area contributed by atoms with Gasteiger partial charge in [-0.05, 0) is 0 Å². The third-order valence-corrected chi connectivity index (χ3v) is 0.167. The molecular weight excluding hydrogens is 267 g/mol. The van der Waals surface area contributed by atoms with Gasteiger partial charge in [0.1, 0.15) is 0 Å². The predicted molar refractivity (Wildman–Crippen MR) is 42.2 cm³/mol. The van der Waals surface area contributed by atoms with E-state index in [0.717, 1.165) is 24.8 Å². The first kappa shape index (κ1) is 23.3. The van der Waals surface area contributed by atoms with Gasteiger partial charge < -0.3 is 22.9 Å². The summed E-state index contributed by atoms with van der Waals surface area (Å²) < 4.78 is 30.2. The van der Waals surface area contributed by atoms with Crippen molar-refractivity contribution >= 4 is 0 Å². The zero-order valence-electron chi connectivity index (χ0n) is 6.74. The van der Waals surface area contributed by atoms with Gasteiger partial charge in [-0.3, -0.25) is 0 Å². The van der Waals surface area contributed by atoms with Crippen molar-refractivity contribution in [1.82, 2.24) is 0 Å². The molecule has 10 heteroatoms. The van der Waals surface area contributed by atoms with Crippen LogP contribution in [0.25, 0.3) is 22.9 Å². The Bertz CT molecular complexity index is 116. The van der Waals surface area contributed by atoms with Crippen molar-refractivity contribution in [2.75, 3.05) is 0 Å².